The Morgan fingerprint density at radius 1 is 1.24 bits per heavy atom. The van der Waals surface area contributed by atoms with Gasteiger partial charge in [0.2, 0.25) is 0 Å². The Labute approximate surface area is 144 Å². The Morgan fingerprint density at radius 2 is 2.04 bits per heavy atom. The van der Waals surface area contributed by atoms with Crippen molar-refractivity contribution in [1.29, 1.82) is 0 Å². The van der Waals surface area contributed by atoms with E-state index in [2.05, 4.69) is 26.6 Å². The van der Waals surface area contributed by atoms with Crippen molar-refractivity contribution in [2.45, 2.75) is 4.90 Å². The number of sulfonamides is 1. The highest BCUT2D eigenvalue weighted by atomic mass is 32.2. The van der Waals surface area contributed by atoms with Crippen molar-refractivity contribution in [2.24, 2.45) is 0 Å². The van der Waals surface area contributed by atoms with Gasteiger partial charge >= 0.3 is 0 Å². The summed E-state index contributed by atoms with van der Waals surface area (Å²) in [6.07, 6.45) is 4.49. The van der Waals surface area contributed by atoms with E-state index in [9.17, 15) is 13.2 Å². The minimum Gasteiger partial charge on any atom is -0.349 e. The highest BCUT2D eigenvalue weighted by Gasteiger charge is 2.21. The van der Waals surface area contributed by atoms with E-state index in [0.717, 1.165) is 0 Å². The number of rotatable bonds is 6. The number of hydrogen-bond donors (Lipinski definition) is 3. The van der Waals surface area contributed by atoms with Gasteiger partial charge < -0.3 is 10.3 Å². The van der Waals surface area contributed by atoms with Gasteiger partial charge in [-0.25, -0.2) is 13.4 Å². The number of aromatic amines is 1. The van der Waals surface area contributed by atoms with Gasteiger partial charge in [0.25, 0.3) is 15.9 Å². The number of anilines is 1. The van der Waals surface area contributed by atoms with Crippen LogP contribution < -0.4 is 10.0 Å². The SMILES string of the molecule is C=CCNC(=O)c1ccccc1NS(=O)(=O)c1c[nH]c2ncccc12. The smallest absolute Gasteiger partial charge is 0.264 e. The molecule has 1 aromatic carbocycles. The van der Waals surface area contributed by atoms with Crippen molar-refractivity contribution in [1.82, 2.24) is 15.3 Å². The second-order valence-corrected chi connectivity index (χ2v) is 6.85. The molecule has 0 aliphatic carbocycles. The summed E-state index contributed by atoms with van der Waals surface area (Å²) in [4.78, 5) is 19.2. The van der Waals surface area contributed by atoms with E-state index in [4.69, 9.17) is 0 Å². The Bertz CT molecular complexity index is 1040. The third-order valence-electron chi connectivity index (χ3n) is 3.53. The molecule has 0 saturated heterocycles. The van der Waals surface area contributed by atoms with Gasteiger partial charge in [0.15, 0.2) is 0 Å². The molecule has 0 bridgehead atoms. The number of nitrogens with zero attached hydrogens (tertiary/aromatic N) is 1. The average Bonchev–Trinajstić information content (AvgIpc) is 3.05. The zero-order valence-electron chi connectivity index (χ0n) is 13.2. The summed E-state index contributed by atoms with van der Waals surface area (Å²) in [5.74, 6) is -0.390. The van der Waals surface area contributed by atoms with Crippen LogP contribution in [0, 0.1) is 0 Å². The van der Waals surface area contributed by atoms with Crippen molar-refractivity contribution in [2.75, 3.05) is 11.3 Å². The first-order chi connectivity index (χ1) is 12.0. The second-order valence-electron chi connectivity index (χ2n) is 5.20. The lowest BCUT2D eigenvalue weighted by molar-refractivity contribution is 0.0959. The number of para-hydroxylation sites is 1. The van der Waals surface area contributed by atoms with Crippen molar-refractivity contribution in [3.63, 3.8) is 0 Å². The Balaban J connectivity index is 1.97. The third kappa shape index (κ3) is 3.38. The molecular formula is C17H16N4O3S. The quantitative estimate of drug-likeness (QED) is 0.589. The number of carbonyl (C=O) groups excluding carboxylic acids is 1. The van der Waals surface area contributed by atoms with Crippen LogP contribution in [-0.2, 0) is 10.0 Å². The van der Waals surface area contributed by atoms with Crippen LogP contribution in [0.3, 0.4) is 0 Å². The molecule has 2 heterocycles. The van der Waals surface area contributed by atoms with Crippen LogP contribution in [0.15, 0.2) is 66.3 Å². The molecule has 0 aliphatic rings. The molecule has 7 nitrogen and oxygen atoms in total. The van der Waals surface area contributed by atoms with Crippen LogP contribution in [0.5, 0.6) is 0 Å². The fraction of sp³-hybridized carbons (Fsp3) is 0.0588. The van der Waals surface area contributed by atoms with E-state index < -0.39 is 15.9 Å². The van der Waals surface area contributed by atoms with E-state index in [1.165, 1.54) is 12.3 Å². The summed E-state index contributed by atoms with van der Waals surface area (Å²) in [6, 6.07) is 9.72. The highest BCUT2D eigenvalue weighted by molar-refractivity contribution is 7.93. The van der Waals surface area contributed by atoms with E-state index in [0.29, 0.717) is 11.0 Å². The fourth-order valence-electron chi connectivity index (χ4n) is 2.38. The summed E-state index contributed by atoms with van der Waals surface area (Å²) in [7, 11) is -3.89. The average molecular weight is 356 g/mol. The number of nitrogens with one attached hydrogen (secondary N) is 3. The number of amides is 1. The molecule has 0 saturated carbocycles. The molecule has 0 spiro atoms. The molecule has 25 heavy (non-hydrogen) atoms. The number of benzene rings is 1. The number of aromatic nitrogens is 2. The standard InChI is InChI=1S/C17H16N4O3S/c1-2-9-19-17(22)12-6-3-4-8-14(12)21-25(23,24)15-11-20-16-13(15)7-5-10-18-16/h2-8,10-11,21H,1,9H2,(H,18,20)(H,19,22). The van der Waals surface area contributed by atoms with E-state index in [1.807, 2.05) is 0 Å². The van der Waals surface area contributed by atoms with Gasteiger partial charge in [-0.05, 0) is 24.3 Å². The third-order valence-corrected chi connectivity index (χ3v) is 4.93. The zero-order chi connectivity index (χ0) is 17.9. The van der Waals surface area contributed by atoms with E-state index in [-0.39, 0.29) is 22.7 Å². The molecule has 0 fully saturated rings. The zero-order valence-corrected chi connectivity index (χ0v) is 14.0. The minimum atomic E-state index is -3.89. The van der Waals surface area contributed by atoms with Crippen LogP contribution in [0.4, 0.5) is 5.69 Å². The number of hydrogen-bond acceptors (Lipinski definition) is 4. The van der Waals surface area contributed by atoms with Gasteiger partial charge in [0.1, 0.15) is 10.5 Å². The second kappa shape index (κ2) is 6.78. The van der Waals surface area contributed by atoms with Crippen molar-refractivity contribution < 1.29 is 13.2 Å². The highest BCUT2D eigenvalue weighted by Crippen LogP contribution is 2.25. The summed E-state index contributed by atoms with van der Waals surface area (Å²) in [6.45, 7) is 3.82. The number of fused-ring (bicyclic) bond motifs is 1. The predicted molar refractivity (Wildman–Crippen MR) is 95.9 cm³/mol. The Kier molecular flexibility index (Phi) is 4.53. The monoisotopic (exact) mass is 356 g/mol. The predicted octanol–water partition coefficient (Wildman–Crippen LogP) is 2.28. The molecule has 0 radical (unpaired) electrons. The van der Waals surface area contributed by atoms with Crippen molar-refractivity contribution in [3.8, 4) is 0 Å². The minimum absolute atomic E-state index is 0.0666. The van der Waals surface area contributed by atoms with Crippen LogP contribution >= 0.6 is 0 Å². The van der Waals surface area contributed by atoms with Gasteiger partial charge in [0, 0.05) is 24.3 Å². The van der Waals surface area contributed by atoms with Crippen molar-refractivity contribution >= 4 is 32.7 Å². The molecular weight excluding hydrogens is 340 g/mol. The maximum absolute atomic E-state index is 12.8. The van der Waals surface area contributed by atoms with Gasteiger partial charge in [-0.15, -0.1) is 6.58 Å². The van der Waals surface area contributed by atoms with Crippen LogP contribution in [0.25, 0.3) is 11.0 Å². The lowest BCUT2D eigenvalue weighted by atomic mass is 10.1. The Hall–Kier alpha value is -3.13. The first-order valence-corrected chi connectivity index (χ1v) is 8.94. The molecule has 1 amide bonds. The van der Waals surface area contributed by atoms with Crippen LogP contribution in [0.1, 0.15) is 10.4 Å². The summed E-state index contributed by atoms with van der Waals surface area (Å²) < 4.78 is 28.0. The van der Waals surface area contributed by atoms with Gasteiger partial charge in [-0.1, -0.05) is 18.2 Å². The normalized spacial score (nSPS) is 11.2. The molecule has 0 atom stereocenters. The van der Waals surface area contributed by atoms with Gasteiger partial charge in [-0.3, -0.25) is 9.52 Å². The van der Waals surface area contributed by atoms with Crippen molar-refractivity contribution in [3.05, 3.63) is 67.0 Å². The summed E-state index contributed by atoms with van der Waals surface area (Å²) >= 11 is 0. The number of H-pyrrole nitrogens is 1. The lowest BCUT2D eigenvalue weighted by Crippen LogP contribution is -2.25. The topological polar surface area (TPSA) is 104 Å². The summed E-state index contributed by atoms with van der Waals surface area (Å²) in [5, 5.41) is 3.11. The molecule has 2 aromatic heterocycles. The molecule has 8 heteroatoms. The number of pyridine rings is 1. The Morgan fingerprint density at radius 3 is 2.84 bits per heavy atom. The molecule has 0 aliphatic heterocycles. The summed E-state index contributed by atoms with van der Waals surface area (Å²) in [5.41, 5.74) is 0.896. The van der Waals surface area contributed by atoms with E-state index in [1.54, 1.807) is 42.6 Å². The molecule has 3 rings (SSSR count). The molecule has 0 unspecified atom stereocenters. The maximum atomic E-state index is 12.8. The largest absolute Gasteiger partial charge is 0.349 e. The maximum Gasteiger partial charge on any atom is 0.264 e. The fourth-order valence-corrected chi connectivity index (χ4v) is 3.63. The van der Waals surface area contributed by atoms with Crippen LogP contribution in [0.2, 0.25) is 0 Å². The lowest BCUT2D eigenvalue weighted by Gasteiger charge is -2.12. The molecule has 3 aromatic rings. The molecule has 3 N–H and O–H groups in total. The van der Waals surface area contributed by atoms with Crippen LogP contribution in [-0.4, -0.2) is 30.8 Å². The number of carbonyl (C=O) groups is 1. The van der Waals surface area contributed by atoms with Gasteiger partial charge in [-0.2, -0.15) is 0 Å². The first kappa shape index (κ1) is 16.7. The van der Waals surface area contributed by atoms with Gasteiger partial charge in [0.05, 0.1) is 11.3 Å². The first-order valence-electron chi connectivity index (χ1n) is 7.46. The van der Waals surface area contributed by atoms with E-state index >= 15 is 0 Å². The molecule has 128 valence electrons.